The van der Waals surface area contributed by atoms with Crippen LogP contribution >= 0.6 is 27.7 Å². The molecule has 0 N–H and O–H groups in total. The van der Waals surface area contributed by atoms with E-state index in [-0.39, 0.29) is 11.7 Å². The second kappa shape index (κ2) is 5.09. The Labute approximate surface area is 123 Å². The highest BCUT2D eigenvalue weighted by Crippen LogP contribution is 2.31. The van der Waals surface area contributed by atoms with Crippen molar-refractivity contribution in [1.82, 2.24) is 10.1 Å². The van der Waals surface area contributed by atoms with Crippen molar-refractivity contribution in [2.75, 3.05) is 11.5 Å². The van der Waals surface area contributed by atoms with Gasteiger partial charge in [0.15, 0.2) is 5.78 Å². The average molecular weight is 339 g/mol. The fourth-order valence-electron chi connectivity index (χ4n) is 1.97. The molecule has 0 spiro atoms. The Morgan fingerprint density at radius 2 is 2.32 bits per heavy atom. The molecule has 19 heavy (non-hydrogen) atoms. The number of thioether (sulfide) groups is 1. The van der Waals surface area contributed by atoms with E-state index in [1.807, 2.05) is 25.1 Å². The van der Waals surface area contributed by atoms with Crippen LogP contribution in [-0.4, -0.2) is 27.4 Å². The number of Topliss-reactive ketones (excluding diaryl/α,β-unsaturated/α-hetero) is 1. The number of aromatic nitrogens is 2. The summed E-state index contributed by atoms with van der Waals surface area (Å²) < 4.78 is 6.17. The number of carbonyl (C=O) groups excluding carboxylic acids is 1. The van der Waals surface area contributed by atoms with Crippen LogP contribution in [0.15, 0.2) is 27.2 Å². The maximum atomic E-state index is 11.7. The molecule has 1 unspecified atom stereocenters. The van der Waals surface area contributed by atoms with Crippen molar-refractivity contribution in [3.05, 3.63) is 34.1 Å². The molecular weight excluding hydrogens is 328 g/mol. The summed E-state index contributed by atoms with van der Waals surface area (Å²) in [6, 6.07) is 5.94. The van der Waals surface area contributed by atoms with Crippen molar-refractivity contribution in [3.63, 3.8) is 0 Å². The maximum Gasteiger partial charge on any atom is 0.238 e. The van der Waals surface area contributed by atoms with E-state index in [1.54, 1.807) is 11.8 Å². The normalized spacial score (nSPS) is 19.1. The molecule has 1 aromatic carbocycles. The van der Waals surface area contributed by atoms with Gasteiger partial charge in [-0.05, 0) is 24.6 Å². The van der Waals surface area contributed by atoms with Crippen molar-refractivity contribution < 1.29 is 9.32 Å². The minimum atomic E-state index is -0.240. The van der Waals surface area contributed by atoms with Crippen LogP contribution in [0.3, 0.4) is 0 Å². The molecule has 1 atom stereocenters. The molecule has 1 aliphatic rings. The minimum absolute atomic E-state index is 0.170. The fraction of sp³-hybridized carbons (Fsp3) is 0.308. The number of benzene rings is 1. The van der Waals surface area contributed by atoms with Crippen LogP contribution < -0.4 is 0 Å². The van der Waals surface area contributed by atoms with Gasteiger partial charge >= 0.3 is 0 Å². The first kappa shape index (κ1) is 12.9. The number of halogens is 1. The third-order valence-electron chi connectivity index (χ3n) is 3.02. The standard InChI is InChI=1S/C13H11BrN2O2S/c1-7-2-3-8(10(14)4-7)12-15-13(18-16-12)9-5-19-6-11(9)17/h2-4,9H,5-6H2,1H3. The van der Waals surface area contributed by atoms with E-state index < -0.39 is 0 Å². The highest BCUT2D eigenvalue weighted by molar-refractivity contribution is 9.10. The van der Waals surface area contributed by atoms with Gasteiger partial charge in [0.2, 0.25) is 11.7 Å². The molecule has 1 aromatic heterocycles. The average Bonchev–Trinajstić information content (AvgIpc) is 2.97. The molecule has 1 saturated heterocycles. The lowest BCUT2D eigenvalue weighted by molar-refractivity contribution is -0.117. The molecule has 4 nitrogen and oxygen atoms in total. The number of carbonyl (C=O) groups is 1. The summed E-state index contributed by atoms with van der Waals surface area (Å²) in [5.74, 6) is 2.15. The van der Waals surface area contributed by atoms with Crippen LogP contribution in [-0.2, 0) is 4.79 Å². The Balaban J connectivity index is 1.94. The Morgan fingerprint density at radius 3 is 3.00 bits per heavy atom. The Kier molecular flexibility index (Phi) is 3.45. The highest BCUT2D eigenvalue weighted by Gasteiger charge is 2.31. The van der Waals surface area contributed by atoms with E-state index in [1.165, 1.54) is 0 Å². The molecule has 0 saturated carbocycles. The van der Waals surface area contributed by atoms with Gasteiger partial charge in [-0.2, -0.15) is 16.7 Å². The van der Waals surface area contributed by atoms with Gasteiger partial charge < -0.3 is 4.52 Å². The summed E-state index contributed by atoms with van der Waals surface area (Å²) in [5, 5.41) is 3.98. The zero-order valence-electron chi connectivity index (χ0n) is 10.2. The number of hydrogen-bond acceptors (Lipinski definition) is 5. The zero-order valence-corrected chi connectivity index (χ0v) is 12.6. The van der Waals surface area contributed by atoms with Crippen LogP contribution in [0.5, 0.6) is 0 Å². The molecule has 6 heteroatoms. The first-order valence-corrected chi connectivity index (χ1v) is 7.80. The van der Waals surface area contributed by atoms with Gasteiger partial charge in [-0.3, -0.25) is 4.79 Å². The molecule has 98 valence electrons. The lowest BCUT2D eigenvalue weighted by Gasteiger charge is -2.00. The predicted molar refractivity (Wildman–Crippen MR) is 77.2 cm³/mol. The molecule has 1 aliphatic heterocycles. The number of nitrogens with zero attached hydrogens (tertiary/aromatic N) is 2. The van der Waals surface area contributed by atoms with E-state index in [0.717, 1.165) is 21.4 Å². The second-order valence-corrected chi connectivity index (χ2v) is 6.36. The predicted octanol–water partition coefficient (Wildman–Crippen LogP) is 3.21. The zero-order chi connectivity index (χ0) is 13.4. The van der Waals surface area contributed by atoms with Gasteiger partial charge in [0.25, 0.3) is 0 Å². The third kappa shape index (κ3) is 2.47. The summed E-state index contributed by atoms with van der Waals surface area (Å²) >= 11 is 5.10. The molecule has 2 heterocycles. The van der Waals surface area contributed by atoms with Gasteiger partial charge in [0.1, 0.15) is 5.92 Å². The van der Waals surface area contributed by atoms with Crippen LogP contribution in [0.4, 0.5) is 0 Å². The van der Waals surface area contributed by atoms with Gasteiger partial charge in [-0.25, -0.2) is 0 Å². The Hall–Kier alpha value is -1.14. The first-order valence-electron chi connectivity index (χ1n) is 5.86. The highest BCUT2D eigenvalue weighted by atomic mass is 79.9. The summed E-state index contributed by atoms with van der Waals surface area (Å²) in [6.45, 7) is 2.02. The third-order valence-corrected chi connectivity index (χ3v) is 4.74. The second-order valence-electron chi connectivity index (χ2n) is 4.47. The molecule has 1 fully saturated rings. The lowest BCUT2D eigenvalue weighted by Crippen LogP contribution is -2.09. The van der Waals surface area contributed by atoms with E-state index in [2.05, 4.69) is 26.1 Å². The SMILES string of the molecule is Cc1ccc(-c2noc(C3CSCC3=O)n2)c(Br)c1. The van der Waals surface area contributed by atoms with E-state index in [9.17, 15) is 4.79 Å². The Morgan fingerprint density at radius 1 is 1.47 bits per heavy atom. The quantitative estimate of drug-likeness (QED) is 0.841. The van der Waals surface area contributed by atoms with Gasteiger partial charge in [-0.15, -0.1) is 0 Å². The van der Waals surface area contributed by atoms with Crippen molar-refractivity contribution >= 4 is 33.5 Å². The van der Waals surface area contributed by atoms with Gasteiger partial charge in [0, 0.05) is 15.8 Å². The van der Waals surface area contributed by atoms with Gasteiger partial charge in [0.05, 0.1) is 5.75 Å². The van der Waals surface area contributed by atoms with Crippen molar-refractivity contribution in [2.24, 2.45) is 0 Å². The van der Waals surface area contributed by atoms with Crippen LogP contribution in [0, 0.1) is 6.92 Å². The summed E-state index contributed by atoms with van der Waals surface area (Å²) in [7, 11) is 0. The summed E-state index contributed by atoms with van der Waals surface area (Å²) in [4.78, 5) is 16.0. The van der Waals surface area contributed by atoms with Gasteiger partial charge in [-0.1, -0.05) is 27.2 Å². The topological polar surface area (TPSA) is 56.0 Å². The monoisotopic (exact) mass is 338 g/mol. The molecule has 0 amide bonds. The molecule has 2 aromatic rings. The van der Waals surface area contributed by atoms with Crippen molar-refractivity contribution in [2.45, 2.75) is 12.8 Å². The lowest BCUT2D eigenvalue weighted by atomic mass is 10.1. The molecule has 0 aliphatic carbocycles. The van der Waals surface area contributed by atoms with Crippen molar-refractivity contribution in [3.8, 4) is 11.4 Å². The number of aryl methyl sites for hydroxylation is 1. The van der Waals surface area contributed by atoms with Crippen LogP contribution in [0.1, 0.15) is 17.4 Å². The smallest absolute Gasteiger partial charge is 0.238 e. The van der Waals surface area contributed by atoms with Crippen LogP contribution in [0.2, 0.25) is 0 Å². The number of rotatable bonds is 2. The fourth-order valence-corrected chi connectivity index (χ4v) is 3.72. The number of hydrogen-bond donors (Lipinski definition) is 0. The van der Waals surface area contributed by atoms with E-state index in [0.29, 0.717) is 17.5 Å². The maximum absolute atomic E-state index is 11.7. The molecule has 3 rings (SSSR count). The molecule has 0 radical (unpaired) electrons. The summed E-state index contributed by atoms with van der Waals surface area (Å²) in [5.41, 5.74) is 2.03. The van der Waals surface area contributed by atoms with Crippen molar-refractivity contribution in [1.29, 1.82) is 0 Å². The van der Waals surface area contributed by atoms with E-state index in [4.69, 9.17) is 4.52 Å². The van der Waals surface area contributed by atoms with E-state index >= 15 is 0 Å². The molecular formula is C13H11BrN2O2S. The Bertz CT molecular complexity index is 641. The largest absolute Gasteiger partial charge is 0.338 e. The minimum Gasteiger partial charge on any atom is -0.338 e. The number of ketones is 1. The molecule has 0 bridgehead atoms. The first-order chi connectivity index (χ1) is 9.15. The van der Waals surface area contributed by atoms with Crippen LogP contribution in [0.25, 0.3) is 11.4 Å². The summed E-state index contributed by atoms with van der Waals surface area (Å²) in [6.07, 6.45) is 0.